The lowest BCUT2D eigenvalue weighted by Crippen LogP contribution is -2.57. The number of carbonyl (C=O) groups is 1. The van der Waals surface area contributed by atoms with Crippen molar-refractivity contribution in [1.82, 2.24) is 0 Å². The summed E-state index contributed by atoms with van der Waals surface area (Å²) in [6, 6.07) is 9.53. The molecular formula is C33H46O6. The summed E-state index contributed by atoms with van der Waals surface area (Å²) in [7, 11) is 0. The van der Waals surface area contributed by atoms with E-state index in [1.165, 1.54) is 5.57 Å². The first-order valence-electron chi connectivity index (χ1n) is 14.3. The summed E-state index contributed by atoms with van der Waals surface area (Å²) in [5.74, 6) is 0.00738. The highest BCUT2D eigenvalue weighted by Gasteiger charge is 2.70. The molecule has 10 atom stereocenters. The third kappa shape index (κ3) is 6.09. The minimum atomic E-state index is -1.14. The number of epoxide rings is 1. The highest BCUT2D eigenvalue weighted by Crippen LogP contribution is 2.64. The molecule has 1 aliphatic heterocycles. The summed E-state index contributed by atoms with van der Waals surface area (Å²) in [5.41, 5.74) is 1.50. The number of ether oxygens (including phenoxy) is 2. The average molecular weight is 539 g/mol. The molecule has 0 aromatic heterocycles. The minimum Gasteiger partial charge on any atom is -0.459 e. The van der Waals surface area contributed by atoms with Gasteiger partial charge in [0, 0.05) is 18.4 Å². The fourth-order valence-electron chi connectivity index (χ4n) is 7.15. The van der Waals surface area contributed by atoms with Crippen molar-refractivity contribution >= 4 is 5.97 Å². The fraction of sp³-hybridized carbons (Fsp3) is 0.606. The molecule has 1 saturated heterocycles. The van der Waals surface area contributed by atoms with Gasteiger partial charge in [-0.15, -0.1) is 0 Å². The number of allylic oxidation sites excluding steroid dienone is 4. The Morgan fingerprint density at radius 2 is 1.90 bits per heavy atom. The predicted octanol–water partition coefficient (Wildman–Crippen LogP) is 4.78. The Morgan fingerprint density at radius 1 is 1.21 bits per heavy atom. The van der Waals surface area contributed by atoms with E-state index in [0.29, 0.717) is 12.8 Å². The molecule has 0 bridgehead atoms. The predicted molar refractivity (Wildman–Crippen MR) is 152 cm³/mol. The number of esters is 1. The van der Waals surface area contributed by atoms with Gasteiger partial charge in [-0.1, -0.05) is 67.1 Å². The summed E-state index contributed by atoms with van der Waals surface area (Å²) in [5, 5.41) is 31.4. The van der Waals surface area contributed by atoms with Gasteiger partial charge in [-0.2, -0.15) is 0 Å². The Balaban J connectivity index is 1.60. The molecule has 0 amide bonds. The molecule has 0 spiro atoms. The van der Waals surface area contributed by atoms with Crippen molar-refractivity contribution in [2.75, 3.05) is 6.61 Å². The van der Waals surface area contributed by atoms with Crippen LogP contribution in [0.3, 0.4) is 0 Å². The quantitative estimate of drug-likeness (QED) is 0.181. The van der Waals surface area contributed by atoms with Crippen LogP contribution in [0.1, 0.15) is 59.9 Å². The van der Waals surface area contributed by atoms with E-state index in [-0.39, 0.29) is 60.3 Å². The zero-order valence-electron chi connectivity index (χ0n) is 24.2. The van der Waals surface area contributed by atoms with Crippen LogP contribution in [0, 0.1) is 29.6 Å². The number of benzene rings is 1. The van der Waals surface area contributed by atoms with Crippen LogP contribution < -0.4 is 0 Å². The highest BCUT2D eigenvalue weighted by atomic mass is 16.6. The van der Waals surface area contributed by atoms with Crippen LogP contribution in [0.25, 0.3) is 0 Å². The van der Waals surface area contributed by atoms with E-state index in [1.54, 1.807) is 6.92 Å². The van der Waals surface area contributed by atoms with Crippen LogP contribution in [-0.2, 0) is 20.7 Å². The summed E-state index contributed by atoms with van der Waals surface area (Å²) in [4.78, 5) is 12.9. The third-order valence-corrected chi connectivity index (χ3v) is 9.55. The molecular weight excluding hydrogens is 492 g/mol. The molecule has 0 unspecified atom stereocenters. The summed E-state index contributed by atoms with van der Waals surface area (Å²) >= 11 is 0. The molecule has 3 N–H and O–H groups in total. The lowest BCUT2D eigenvalue weighted by atomic mass is 9.54. The van der Waals surface area contributed by atoms with Crippen molar-refractivity contribution in [2.45, 2.75) is 90.3 Å². The highest BCUT2D eigenvalue weighted by molar-refractivity contribution is 5.72. The fourth-order valence-corrected chi connectivity index (χ4v) is 7.15. The molecule has 1 aromatic rings. The van der Waals surface area contributed by atoms with Crippen LogP contribution in [-0.4, -0.2) is 57.4 Å². The summed E-state index contributed by atoms with van der Waals surface area (Å²) < 4.78 is 12.4. The van der Waals surface area contributed by atoms with E-state index < -0.39 is 17.8 Å². The average Bonchev–Trinajstić information content (AvgIpc) is 3.60. The normalized spacial score (nSPS) is 38.1. The number of fused-ring (bicyclic) bond motifs is 3. The molecule has 6 nitrogen and oxygen atoms in total. The maximum absolute atomic E-state index is 12.9. The maximum atomic E-state index is 12.9. The Labute approximate surface area is 233 Å². The van der Waals surface area contributed by atoms with Crippen molar-refractivity contribution < 1.29 is 29.6 Å². The molecule has 4 rings (SSSR count). The molecule has 2 saturated carbocycles. The number of rotatable bonds is 9. The Kier molecular flexibility index (Phi) is 8.92. The number of aliphatic hydroxyl groups excluding tert-OH is 2. The van der Waals surface area contributed by atoms with Gasteiger partial charge >= 0.3 is 5.97 Å². The molecule has 1 aromatic carbocycles. The number of carbonyl (C=O) groups excluding carboxylic acids is 1. The molecule has 39 heavy (non-hydrogen) atoms. The summed E-state index contributed by atoms with van der Waals surface area (Å²) in [6.07, 6.45) is 8.28. The zero-order chi connectivity index (χ0) is 28.5. The van der Waals surface area contributed by atoms with Gasteiger partial charge in [0.2, 0.25) is 0 Å². The lowest BCUT2D eigenvalue weighted by Gasteiger charge is -2.51. The molecule has 214 valence electrons. The molecule has 0 radical (unpaired) electrons. The van der Waals surface area contributed by atoms with Crippen molar-refractivity contribution in [2.24, 2.45) is 29.6 Å². The van der Waals surface area contributed by atoms with Crippen LogP contribution >= 0.6 is 0 Å². The first kappa shape index (κ1) is 29.7. The molecule has 3 aliphatic rings. The monoisotopic (exact) mass is 538 g/mol. The Bertz CT molecular complexity index is 1100. The van der Waals surface area contributed by atoms with Gasteiger partial charge in [0.05, 0.1) is 29.8 Å². The Hall–Kier alpha value is -2.25. The van der Waals surface area contributed by atoms with Gasteiger partial charge in [-0.25, -0.2) is 0 Å². The topological polar surface area (TPSA) is 99.5 Å². The van der Waals surface area contributed by atoms with Gasteiger partial charge in [-0.05, 0) is 76.4 Å². The van der Waals surface area contributed by atoms with E-state index in [0.717, 1.165) is 11.1 Å². The van der Waals surface area contributed by atoms with Crippen molar-refractivity contribution in [3.05, 3.63) is 71.3 Å². The van der Waals surface area contributed by atoms with Gasteiger partial charge in [0.15, 0.2) is 0 Å². The minimum absolute atomic E-state index is 0.0593. The van der Waals surface area contributed by atoms with E-state index >= 15 is 0 Å². The van der Waals surface area contributed by atoms with Crippen molar-refractivity contribution in [3.63, 3.8) is 0 Å². The number of hydrogen-bond acceptors (Lipinski definition) is 6. The van der Waals surface area contributed by atoms with Gasteiger partial charge in [0.1, 0.15) is 6.10 Å². The third-order valence-electron chi connectivity index (χ3n) is 9.55. The zero-order valence-corrected chi connectivity index (χ0v) is 24.2. The largest absolute Gasteiger partial charge is 0.459 e. The SMILES string of the molecule is C/C=C(\C)[C@H]1[C@@H](/C=C/C=C(\C)[C@@H](O)[C@@H](C)CO)[C@@H]2C[C@@H](OC(=O)Cc3ccccc3)[C@](C)(O)C[C@H]2[C@@H]2O[C@@]21C. The number of aliphatic hydroxyl groups is 3. The molecule has 1 heterocycles. The Morgan fingerprint density at radius 3 is 2.54 bits per heavy atom. The molecule has 6 heteroatoms. The van der Waals surface area contributed by atoms with E-state index in [9.17, 15) is 20.1 Å². The molecule has 2 aliphatic carbocycles. The van der Waals surface area contributed by atoms with E-state index in [1.807, 2.05) is 56.3 Å². The van der Waals surface area contributed by atoms with E-state index in [4.69, 9.17) is 9.47 Å². The smallest absolute Gasteiger partial charge is 0.310 e. The van der Waals surface area contributed by atoms with Crippen molar-refractivity contribution in [3.8, 4) is 0 Å². The first-order valence-corrected chi connectivity index (χ1v) is 14.3. The van der Waals surface area contributed by atoms with Gasteiger partial charge < -0.3 is 24.8 Å². The van der Waals surface area contributed by atoms with E-state index in [2.05, 4.69) is 32.9 Å². The number of hydrogen-bond donors (Lipinski definition) is 3. The van der Waals surface area contributed by atoms with Crippen LogP contribution in [0.2, 0.25) is 0 Å². The standard InChI is InChI=1S/C33H46O6/c1-7-20(2)29-24(15-11-12-21(3)30(36)22(4)19-34)25-17-27(38-28(35)16-23-13-9-8-10-14-23)32(5,37)18-26(25)31-33(29,6)39-31/h7-15,22,24-27,29-31,34,36-37H,16-19H2,1-6H3/b15-11+,20-7+,21-12+/t22-,24-,25-,26+,27+,29-,30+,31-,32+,33+/m0/s1. The van der Waals surface area contributed by atoms with Crippen LogP contribution in [0.15, 0.2) is 65.8 Å². The second-order valence-corrected chi connectivity index (χ2v) is 12.5. The van der Waals surface area contributed by atoms with Crippen molar-refractivity contribution in [1.29, 1.82) is 0 Å². The van der Waals surface area contributed by atoms with Crippen LogP contribution in [0.4, 0.5) is 0 Å². The van der Waals surface area contributed by atoms with Gasteiger partial charge in [0.25, 0.3) is 0 Å². The molecule has 3 fully saturated rings. The summed E-state index contributed by atoms with van der Waals surface area (Å²) in [6.45, 7) is 11.8. The van der Waals surface area contributed by atoms with Crippen LogP contribution in [0.5, 0.6) is 0 Å². The first-order chi connectivity index (χ1) is 18.4. The second-order valence-electron chi connectivity index (χ2n) is 12.5. The maximum Gasteiger partial charge on any atom is 0.310 e. The second kappa shape index (κ2) is 11.7. The van der Waals surface area contributed by atoms with Gasteiger partial charge in [-0.3, -0.25) is 4.79 Å². The lowest BCUT2D eigenvalue weighted by molar-refractivity contribution is -0.180.